The van der Waals surface area contributed by atoms with Gasteiger partial charge in [0.2, 0.25) is 0 Å². The molecule has 64 valence electrons. The van der Waals surface area contributed by atoms with E-state index in [2.05, 4.69) is 4.74 Å². The average molecular weight is 171 g/mol. The molecule has 0 rings (SSSR count). The van der Waals surface area contributed by atoms with Gasteiger partial charge in [0.25, 0.3) is 0 Å². The summed E-state index contributed by atoms with van der Waals surface area (Å²) in [5, 5.41) is 1.69. The fraction of sp³-hybridized carbons (Fsp3) is 0.500. The predicted octanol–water partition coefficient (Wildman–Crippen LogP) is 0.431. The number of ether oxygens (including phenoxy) is 1. The minimum Gasteiger partial charge on any atom is -0.369 e. The van der Waals surface area contributed by atoms with Gasteiger partial charge < -0.3 is 10.1 Å². The minimum atomic E-state index is -5.13. The Morgan fingerprint density at radius 2 is 1.82 bits per heavy atom. The van der Waals surface area contributed by atoms with E-state index in [1.807, 2.05) is 0 Å². The van der Waals surface area contributed by atoms with Crippen LogP contribution in [0, 0.1) is 0 Å². The first-order valence-corrected chi connectivity index (χ1v) is 2.38. The third kappa shape index (κ3) is 3.43. The molecule has 0 heterocycles. The summed E-state index contributed by atoms with van der Waals surface area (Å²) in [5.41, 5.74) is 0. The quantitative estimate of drug-likeness (QED) is 0.424. The highest BCUT2D eigenvalue weighted by atomic mass is 19.4. The Morgan fingerprint density at radius 1 is 1.36 bits per heavy atom. The van der Waals surface area contributed by atoms with Crippen LogP contribution in [-0.2, 0) is 9.53 Å². The minimum absolute atomic E-state index is 1.03. The Kier molecular flexibility index (Phi) is 2.85. The molecule has 11 heavy (non-hydrogen) atoms. The molecule has 0 aromatic rings. The molecule has 0 spiro atoms. The third-order valence-electron chi connectivity index (χ3n) is 0.621. The summed E-state index contributed by atoms with van der Waals surface area (Å²) in [6, 6.07) is 0. The number of carbonyl (C=O) groups excluding carboxylic acids is 2. The molecule has 4 nitrogen and oxygen atoms in total. The van der Waals surface area contributed by atoms with Gasteiger partial charge in [-0.15, -0.1) is 0 Å². The molecule has 0 saturated carbocycles. The fourth-order valence-electron chi connectivity index (χ4n) is 0.193. The van der Waals surface area contributed by atoms with Crippen LogP contribution in [0.15, 0.2) is 0 Å². The van der Waals surface area contributed by atoms with E-state index in [1.54, 1.807) is 5.32 Å². The topological polar surface area (TPSA) is 55.4 Å². The van der Waals surface area contributed by atoms with Crippen molar-refractivity contribution >= 4 is 12.1 Å². The van der Waals surface area contributed by atoms with Crippen molar-refractivity contribution in [3.63, 3.8) is 0 Å². The van der Waals surface area contributed by atoms with Gasteiger partial charge in [0, 0.05) is 7.05 Å². The maximum absolute atomic E-state index is 11.3. The molecule has 0 aliphatic carbocycles. The zero-order valence-corrected chi connectivity index (χ0v) is 5.36. The van der Waals surface area contributed by atoms with Gasteiger partial charge in [-0.25, -0.2) is 9.59 Å². The van der Waals surface area contributed by atoms with Crippen molar-refractivity contribution in [2.75, 3.05) is 7.05 Å². The number of amides is 1. The first kappa shape index (κ1) is 9.73. The van der Waals surface area contributed by atoms with E-state index in [9.17, 15) is 22.8 Å². The molecule has 7 heteroatoms. The predicted molar refractivity (Wildman–Crippen MR) is 26.6 cm³/mol. The number of rotatable bonds is 0. The Balaban J connectivity index is 3.99. The molecule has 0 aliphatic heterocycles. The van der Waals surface area contributed by atoms with E-state index in [4.69, 9.17) is 0 Å². The van der Waals surface area contributed by atoms with E-state index in [-0.39, 0.29) is 0 Å². The lowest BCUT2D eigenvalue weighted by Crippen LogP contribution is -2.31. The van der Waals surface area contributed by atoms with Crippen LogP contribution < -0.4 is 5.32 Å². The molecular weight excluding hydrogens is 167 g/mol. The van der Waals surface area contributed by atoms with Gasteiger partial charge in [0.1, 0.15) is 0 Å². The number of halogens is 3. The molecule has 0 atom stereocenters. The van der Waals surface area contributed by atoms with Crippen LogP contribution in [0.1, 0.15) is 0 Å². The maximum Gasteiger partial charge on any atom is 0.491 e. The number of alkyl halides is 3. The van der Waals surface area contributed by atoms with Gasteiger partial charge in [-0.1, -0.05) is 0 Å². The number of carbonyl (C=O) groups is 2. The number of esters is 1. The van der Waals surface area contributed by atoms with Crippen LogP contribution in [-0.4, -0.2) is 25.3 Å². The SMILES string of the molecule is CNC(=O)OC(=O)C(F)(F)F. The molecule has 1 N–H and O–H groups in total. The Hall–Kier alpha value is -1.27. The van der Waals surface area contributed by atoms with Crippen LogP contribution in [0.2, 0.25) is 0 Å². The molecule has 0 aromatic carbocycles. The van der Waals surface area contributed by atoms with E-state index in [1.165, 1.54) is 0 Å². The summed E-state index contributed by atoms with van der Waals surface area (Å²) < 4.78 is 37.1. The Bertz CT molecular complexity index is 176. The lowest BCUT2D eigenvalue weighted by Gasteiger charge is -2.03. The lowest BCUT2D eigenvalue weighted by molar-refractivity contribution is -0.192. The summed E-state index contributed by atoms with van der Waals surface area (Å²) in [6.07, 6.45) is -6.57. The van der Waals surface area contributed by atoms with Crippen LogP contribution in [0.4, 0.5) is 18.0 Å². The van der Waals surface area contributed by atoms with Crippen molar-refractivity contribution in [1.29, 1.82) is 0 Å². The fourth-order valence-corrected chi connectivity index (χ4v) is 0.193. The zero-order valence-electron chi connectivity index (χ0n) is 5.36. The van der Waals surface area contributed by atoms with E-state index >= 15 is 0 Å². The number of nitrogens with one attached hydrogen (secondary N) is 1. The lowest BCUT2D eigenvalue weighted by atomic mass is 10.7. The number of alkyl carbamates (subject to hydrolysis) is 1. The zero-order chi connectivity index (χ0) is 9.07. The third-order valence-corrected chi connectivity index (χ3v) is 0.621. The first-order chi connectivity index (χ1) is 4.88. The molecule has 0 radical (unpaired) electrons. The van der Waals surface area contributed by atoms with Crippen molar-refractivity contribution in [2.45, 2.75) is 6.18 Å². The summed E-state index contributed by atoms with van der Waals surface area (Å²) in [5.74, 6) is -2.53. The molecule has 0 fully saturated rings. The maximum atomic E-state index is 11.3. The van der Waals surface area contributed by atoms with Crippen LogP contribution in [0.3, 0.4) is 0 Å². The summed E-state index contributed by atoms with van der Waals surface area (Å²) in [6.45, 7) is 0. The summed E-state index contributed by atoms with van der Waals surface area (Å²) in [7, 11) is 1.03. The largest absolute Gasteiger partial charge is 0.491 e. The van der Waals surface area contributed by atoms with Crippen LogP contribution >= 0.6 is 0 Å². The van der Waals surface area contributed by atoms with Crippen molar-refractivity contribution in [2.24, 2.45) is 0 Å². The Labute approximate surface area is 59.3 Å². The number of hydrogen-bond acceptors (Lipinski definition) is 3. The molecular formula is C4H4F3NO3. The van der Waals surface area contributed by atoms with E-state index < -0.39 is 18.2 Å². The molecule has 0 aliphatic rings. The molecule has 1 amide bonds. The summed E-state index contributed by atoms with van der Waals surface area (Å²) in [4.78, 5) is 19.8. The average Bonchev–Trinajstić information content (AvgIpc) is 1.85. The smallest absolute Gasteiger partial charge is 0.369 e. The first-order valence-electron chi connectivity index (χ1n) is 2.38. The van der Waals surface area contributed by atoms with E-state index in [0.717, 1.165) is 7.05 Å². The van der Waals surface area contributed by atoms with Crippen molar-refractivity contribution < 1.29 is 27.5 Å². The van der Waals surface area contributed by atoms with Gasteiger partial charge in [-0.2, -0.15) is 13.2 Å². The highest BCUT2D eigenvalue weighted by Gasteiger charge is 2.42. The van der Waals surface area contributed by atoms with Gasteiger partial charge in [0.15, 0.2) is 0 Å². The van der Waals surface area contributed by atoms with Gasteiger partial charge in [-0.3, -0.25) is 0 Å². The van der Waals surface area contributed by atoms with E-state index in [0.29, 0.717) is 0 Å². The van der Waals surface area contributed by atoms with Crippen molar-refractivity contribution in [3.8, 4) is 0 Å². The molecule has 0 saturated heterocycles. The van der Waals surface area contributed by atoms with Gasteiger partial charge in [0.05, 0.1) is 0 Å². The molecule has 0 bridgehead atoms. The molecule has 0 aromatic heterocycles. The summed E-state index contributed by atoms with van der Waals surface area (Å²) >= 11 is 0. The van der Waals surface area contributed by atoms with Gasteiger partial charge >= 0.3 is 18.2 Å². The Morgan fingerprint density at radius 3 is 2.09 bits per heavy atom. The van der Waals surface area contributed by atoms with Crippen molar-refractivity contribution in [3.05, 3.63) is 0 Å². The van der Waals surface area contributed by atoms with Crippen molar-refractivity contribution in [1.82, 2.24) is 5.32 Å². The highest BCUT2D eigenvalue weighted by Crippen LogP contribution is 2.16. The molecule has 0 unspecified atom stereocenters. The standard InChI is InChI=1S/C4H4F3NO3/c1-8-3(10)11-2(9)4(5,6)7/h1H3,(H,8,10). The monoisotopic (exact) mass is 171 g/mol. The highest BCUT2D eigenvalue weighted by molar-refractivity contribution is 5.87. The number of hydrogen-bond donors (Lipinski definition) is 1. The second-order valence-electron chi connectivity index (χ2n) is 1.42. The van der Waals surface area contributed by atoms with Gasteiger partial charge in [-0.05, 0) is 0 Å². The second-order valence-corrected chi connectivity index (χ2v) is 1.42. The normalized spacial score (nSPS) is 10.5. The second kappa shape index (κ2) is 3.22. The van der Waals surface area contributed by atoms with Crippen LogP contribution in [0.5, 0.6) is 0 Å². The van der Waals surface area contributed by atoms with Crippen LogP contribution in [0.25, 0.3) is 0 Å².